The van der Waals surface area contributed by atoms with E-state index in [2.05, 4.69) is 13.8 Å². The molecule has 0 bridgehead atoms. The first kappa shape index (κ1) is 17.1. The van der Waals surface area contributed by atoms with Crippen molar-refractivity contribution in [2.24, 2.45) is 46.8 Å². The first-order valence-electron chi connectivity index (χ1n) is 10.5. The van der Waals surface area contributed by atoms with E-state index in [9.17, 15) is 9.90 Å². The fraction of sp³-hybridized carbons (Fsp3) is 0.955. The Hall–Kier alpha value is -0.370. The van der Waals surface area contributed by atoms with Crippen LogP contribution in [0.1, 0.15) is 79.1 Å². The first-order chi connectivity index (χ1) is 11.2. The molecule has 4 aliphatic carbocycles. The summed E-state index contributed by atoms with van der Waals surface area (Å²) in [6.45, 7) is 8.65. The van der Waals surface area contributed by atoms with Gasteiger partial charge in [-0.25, -0.2) is 0 Å². The average molecular weight is 333 g/mol. The Bertz CT molecular complexity index is 524. The van der Waals surface area contributed by atoms with Crippen molar-refractivity contribution in [3.63, 3.8) is 0 Å². The van der Waals surface area contributed by atoms with Crippen LogP contribution >= 0.6 is 0 Å². The second kappa shape index (κ2) is 5.56. The predicted octanol–water partition coefficient (Wildman–Crippen LogP) is 4.84. The van der Waals surface area contributed by atoms with Crippen LogP contribution in [-0.2, 0) is 4.79 Å². The molecule has 0 aromatic heterocycles. The molecule has 4 fully saturated rings. The number of carbonyl (C=O) groups excluding carboxylic acids is 1. The number of carbonyl (C=O) groups is 1. The lowest BCUT2D eigenvalue weighted by Crippen LogP contribution is -2.51. The maximum Gasteiger partial charge on any atom is 0.133 e. The van der Waals surface area contributed by atoms with E-state index in [-0.39, 0.29) is 5.41 Å². The molecule has 2 nitrogen and oxygen atoms in total. The summed E-state index contributed by atoms with van der Waals surface area (Å²) >= 11 is 0. The third-order valence-electron chi connectivity index (χ3n) is 9.02. The van der Waals surface area contributed by atoms with E-state index < -0.39 is 5.60 Å². The van der Waals surface area contributed by atoms with Gasteiger partial charge < -0.3 is 5.11 Å². The van der Waals surface area contributed by atoms with Crippen molar-refractivity contribution >= 4 is 5.78 Å². The van der Waals surface area contributed by atoms with Gasteiger partial charge in [0.2, 0.25) is 0 Å². The quantitative estimate of drug-likeness (QED) is 0.746. The van der Waals surface area contributed by atoms with E-state index >= 15 is 0 Å². The Morgan fingerprint density at radius 1 is 1.00 bits per heavy atom. The second-order valence-electron chi connectivity index (χ2n) is 10.5. The summed E-state index contributed by atoms with van der Waals surface area (Å²) in [5.74, 6) is 5.39. The van der Waals surface area contributed by atoms with Crippen LogP contribution in [0.25, 0.3) is 0 Å². The zero-order valence-electron chi connectivity index (χ0n) is 16.1. The lowest BCUT2D eigenvalue weighted by Gasteiger charge is -2.56. The SMILES string of the molecule is CC(=O)[C@H]1C(C)C[C@H]2[C@@H]3CC[C@@H]4C[C@](C)(O)CC[C@@H]4[C@H]3CC[C@]12C. The van der Waals surface area contributed by atoms with Gasteiger partial charge in [0.15, 0.2) is 0 Å². The fourth-order valence-corrected chi connectivity index (χ4v) is 8.31. The number of hydrogen-bond donors (Lipinski definition) is 1. The van der Waals surface area contributed by atoms with Crippen molar-refractivity contribution in [2.45, 2.75) is 84.7 Å². The van der Waals surface area contributed by atoms with Crippen LogP contribution in [0.3, 0.4) is 0 Å². The van der Waals surface area contributed by atoms with E-state index in [0.717, 1.165) is 42.4 Å². The molecule has 0 spiro atoms. The molecule has 0 aliphatic heterocycles. The smallest absolute Gasteiger partial charge is 0.133 e. The summed E-state index contributed by atoms with van der Waals surface area (Å²) in [5.41, 5.74) is -0.155. The molecule has 1 unspecified atom stereocenters. The minimum atomic E-state index is -0.418. The van der Waals surface area contributed by atoms with Crippen LogP contribution in [0.15, 0.2) is 0 Å². The van der Waals surface area contributed by atoms with Gasteiger partial charge in [0, 0.05) is 5.92 Å². The molecule has 0 amide bonds. The van der Waals surface area contributed by atoms with Gasteiger partial charge in [-0.2, -0.15) is 0 Å². The van der Waals surface area contributed by atoms with Crippen LogP contribution in [0.2, 0.25) is 0 Å². The number of rotatable bonds is 1. The number of fused-ring (bicyclic) bond motifs is 5. The highest BCUT2D eigenvalue weighted by Crippen LogP contribution is 2.65. The summed E-state index contributed by atoms with van der Waals surface area (Å²) in [4.78, 5) is 12.3. The highest BCUT2D eigenvalue weighted by molar-refractivity contribution is 5.80. The minimum Gasteiger partial charge on any atom is -0.390 e. The average Bonchev–Trinajstić information content (AvgIpc) is 2.76. The normalized spacial score (nSPS) is 57.0. The van der Waals surface area contributed by atoms with Gasteiger partial charge in [0.1, 0.15) is 5.78 Å². The molecule has 136 valence electrons. The van der Waals surface area contributed by atoms with Crippen molar-refractivity contribution in [1.29, 1.82) is 0 Å². The Labute approximate surface area is 147 Å². The largest absolute Gasteiger partial charge is 0.390 e. The molecule has 0 saturated heterocycles. The summed E-state index contributed by atoms with van der Waals surface area (Å²) < 4.78 is 0. The van der Waals surface area contributed by atoms with Gasteiger partial charge in [-0.05, 0) is 106 Å². The van der Waals surface area contributed by atoms with Crippen LogP contribution in [0.4, 0.5) is 0 Å². The molecule has 24 heavy (non-hydrogen) atoms. The van der Waals surface area contributed by atoms with Crippen LogP contribution < -0.4 is 0 Å². The summed E-state index contributed by atoms with van der Waals surface area (Å²) in [7, 11) is 0. The van der Waals surface area contributed by atoms with E-state index in [1.165, 1.54) is 38.5 Å². The van der Waals surface area contributed by atoms with Crippen LogP contribution in [-0.4, -0.2) is 16.5 Å². The zero-order valence-corrected chi connectivity index (χ0v) is 16.1. The molecule has 4 aliphatic rings. The molecule has 0 aromatic carbocycles. The van der Waals surface area contributed by atoms with Crippen molar-refractivity contribution in [2.75, 3.05) is 0 Å². The highest BCUT2D eigenvalue weighted by Gasteiger charge is 2.60. The van der Waals surface area contributed by atoms with Crippen LogP contribution in [0.5, 0.6) is 0 Å². The summed E-state index contributed by atoms with van der Waals surface area (Å²) in [6, 6.07) is 0. The van der Waals surface area contributed by atoms with Gasteiger partial charge in [0.05, 0.1) is 5.60 Å². The molecular formula is C22H36O2. The van der Waals surface area contributed by atoms with Crippen molar-refractivity contribution < 1.29 is 9.90 Å². The van der Waals surface area contributed by atoms with E-state index in [0.29, 0.717) is 17.6 Å². The molecule has 4 rings (SSSR count). The van der Waals surface area contributed by atoms with Gasteiger partial charge in [-0.3, -0.25) is 4.79 Å². The third kappa shape index (κ3) is 2.42. The zero-order chi connectivity index (χ0) is 17.3. The van der Waals surface area contributed by atoms with E-state index in [4.69, 9.17) is 0 Å². The molecule has 1 N–H and O–H groups in total. The van der Waals surface area contributed by atoms with Gasteiger partial charge in [0.25, 0.3) is 0 Å². The Kier molecular flexibility index (Phi) is 3.95. The number of Topliss-reactive ketones (excluding diaryl/α,β-unsaturated/α-hetero) is 1. The van der Waals surface area contributed by atoms with Crippen molar-refractivity contribution in [3.05, 3.63) is 0 Å². The van der Waals surface area contributed by atoms with Crippen molar-refractivity contribution in [1.82, 2.24) is 0 Å². The second-order valence-corrected chi connectivity index (χ2v) is 10.5. The van der Waals surface area contributed by atoms with Gasteiger partial charge in [-0.15, -0.1) is 0 Å². The molecule has 0 aromatic rings. The standard InChI is InChI=1S/C22H36O2/c1-13-11-19-18-6-5-15-12-21(3,24)9-7-16(15)17(18)8-10-22(19,4)20(13)14(2)23/h13,15-20,24H,5-12H2,1-4H3/t13?,15-,16+,17-,18-,19+,20-,21-,22+/m1/s1. The molecule has 2 heteroatoms. The topological polar surface area (TPSA) is 37.3 Å². The Morgan fingerprint density at radius 3 is 2.42 bits per heavy atom. The molecule has 0 heterocycles. The lowest BCUT2D eigenvalue weighted by molar-refractivity contribution is -0.131. The summed E-state index contributed by atoms with van der Waals surface area (Å²) in [6.07, 6.45) is 9.77. The first-order valence-corrected chi connectivity index (χ1v) is 10.5. The number of ketones is 1. The number of hydrogen-bond acceptors (Lipinski definition) is 2. The maximum atomic E-state index is 12.3. The fourth-order valence-electron chi connectivity index (χ4n) is 8.31. The Balaban J connectivity index is 1.58. The molecule has 4 saturated carbocycles. The monoisotopic (exact) mass is 332 g/mol. The highest BCUT2D eigenvalue weighted by atomic mass is 16.3. The summed E-state index contributed by atoms with van der Waals surface area (Å²) in [5, 5.41) is 10.5. The molecule has 0 radical (unpaired) electrons. The third-order valence-corrected chi connectivity index (χ3v) is 9.02. The maximum absolute atomic E-state index is 12.3. The molecular weight excluding hydrogens is 296 g/mol. The number of aliphatic hydroxyl groups is 1. The molecule has 9 atom stereocenters. The van der Waals surface area contributed by atoms with Crippen LogP contribution in [0, 0.1) is 46.8 Å². The van der Waals surface area contributed by atoms with E-state index in [1.54, 1.807) is 0 Å². The predicted molar refractivity (Wildman–Crippen MR) is 96.5 cm³/mol. The van der Waals surface area contributed by atoms with Gasteiger partial charge >= 0.3 is 0 Å². The van der Waals surface area contributed by atoms with E-state index in [1.807, 2.05) is 13.8 Å². The van der Waals surface area contributed by atoms with Gasteiger partial charge in [-0.1, -0.05) is 13.8 Å². The van der Waals surface area contributed by atoms with Crippen molar-refractivity contribution in [3.8, 4) is 0 Å². The Morgan fingerprint density at radius 2 is 1.71 bits per heavy atom. The lowest BCUT2D eigenvalue weighted by atomic mass is 9.49. The minimum absolute atomic E-state index is 0.263.